The molecule has 0 aliphatic heterocycles. The molecule has 0 unspecified atom stereocenters. The molecule has 0 spiro atoms. The van der Waals surface area contributed by atoms with Crippen LogP contribution in [0.4, 0.5) is 30.7 Å². The van der Waals surface area contributed by atoms with E-state index in [4.69, 9.17) is 0 Å². The zero-order chi connectivity index (χ0) is 24.6. The number of alkyl halides is 5. The molecule has 1 atom stereocenters. The van der Waals surface area contributed by atoms with Gasteiger partial charge in [-0.3, -0.25) is 0 Å². The van der Waals surface area contributed by atoms with Crippen LogP contribution in [-0.2, 0) is 23.7 Å². The Balaban J connectivity index is 1.47. The number of aromatic nitrogens is 4. The van der Waals surface area contributed by atoms with E-state index in [1.807, 2.05) is 0 Å². The lowest BCUT2D eigenvalue weighted by molar-refractivity contribution is -0.347. The van der Waals surface area contributed by atoms with E-state index in [0.717, 1.165) is 35.3 Å². The second-order valence-electron chi connectivity index (χ2n) is 9.23. The van der Waals surface area contributed by atoms with E-state index >= 15 is 8.78 Å². The van der Waals surface area contributed by atoms with Gasteiger partial charge in [0.25, 0.3) is 5.92 Å². The van der Waals surface area contributed by atoms with Crippen molar-refractivity contribution in [3.63, 3.8) is 0 Å². The predicted molar refractivity (Wildman–Crippen MR) is 102 cm³/mol. The molecule has 3 aliphatic carbocycles. The summed E-state index contributed by atoms with van der Waals surface area (Å²) in [6, 6.07) is 6.30. The average Bonchev–Trinajstić information content (AvgIpc) is 3.18. The summed E-state index contributed by atoms with van der Waals surface area (Å²) in [5.41, 5.74) is -6.74. The SMILES string of the molecule is O[C@@](Cn1cnnn1)(c1ccc(F)cc1F)C(F)(F)C12CC(c3ccc(C(F)(F)F)cc3)(C1)C2. The van der Waals surface area contributed by atoms with Gasteiger partial charge in [-0.25, -0.2) is 22.2 Å². The average molecular weight is 486 g/mol. The maximum atomic E-state index is 16.1. The second-order valence-corrected chi connectivity index (χ2v) is 9.23. The Hall–Kier alpha value is -3.02. The van der Waals surface area contributed by atoms with Crippen LogP contribution < -0.4 is 0 Å². The lowest BCUT2D eigenvalue weighted by atomic mass is 9.30. The van der Waals surface area contributed by atoms with E-state index in [2.05, 4.69) is 15.5 Å². The van der Waals surface area contributed by atoms with E-state index in [1.54, 1.807) is 0 Å². The number of hydrogen-bond acceptors (Lipinski definition) is 4. The molecular formula is C22H17F7N4O. The molecular weight excluding hydrogens is 469 g/mol. The van der Waals surface area contributed by atoms with Crippen molar-refractivity contribution in [3.8, 4) is 0 Å². The van der Waals surface area contributed by atoms with Gasteiger partial charge < -0.3 is 5.11 Å². The molecule has 0 amide bonds. The fraction of sp³-hybridized carbons (Fsp3) is 0.409. The van der Waals surface area contributed by atoms with E-state index in [0.29, 0.717) is 11.6 Å². The van der Waals surface area contributed by atoms with Crippen molar-refractivity contribution in [2.45, 2.75) is 48.9 Å². The zero-order valence-corrected chi connectivity index (χ0v) is 17.3. The molecule has 0 radical (unpaired) electrons. The summed E-state index contributed by atoms with van der Waals surface area (Å²) in [6.45, 7) is -0.898. The lowest BCUT2D eigenvalue weighted by Crippen LogP contribution is -2.76. The van der Waals surface area contributed by atoms with Crippen molar-refractivity contribution in [1.82, 2.24) is 20.2 Å². The Labute approximate surface area is 188 Å². The summed E-state index contributed by atoms with van der Waals surface area (Å²) >= 11 is 0. The summed E-state index contributed by atoms with van der Waals surface area (Å²) < 4.78 is 99.6. The van der Waals surface area contributed by atoms with Gasteiger partial charge in [-0.2, -0.15) is 13.2 Å². The first-order valence-corrected chi connectivity index (χ1v) is 10.3. The van der Waals surface area contributed by atoms with Gasteiger partial charge in [0.1, 0.15) is 18.0 Å². The molecule has 2 aromatic carbocycles. The summed E-state index contributed by atoms with van der Waals surface area (Å²) in [6.07, 6.45) is -3.87. The van der Waals surface area contributed by atoms with Crippen molar-refractivity contribution >= 4 is 0 Å². The third-order valence-electron chi connectivity index (χ3n) is 7.20. The predicted octanol–water partition coefficient (Wildman–Crippen LogP) is 4.62. The first kappa shape index (κ1) is 22.8. The molecule has 3 saturated carbocycles. The van der Waals surface area contributed by atoms with Gasteiger partial charge in [0.15, 0.2) is 5.60 Å². The number of rotatable bonds is 6. The van der Waals surface area contributed by atoms with Crippen LogP contribution in [0.1, 0.15) is 36.0 Å². The van der Waals surface area contributed by atoms with Gasteiger partial charge >= 0.3 is 6.18 Å². The molecule has 180 valence electrons. The maximum absolute atomic E-state index is 16.1. The highest BCUT2D eigenvalue weighted by Gasteiger charge is 2.82. The van der Waals surface area contributed by atoms with Crippen molar-refractivity contribution in [3.05, 3.63) is 77.1 Å². The Morgan fingerprint density at radius 2 is 1.59 bits per heavy atom. The highest BCUT2D eigenvalue weighted by molar-refractivity contribution is 5.44. The number of halogens is 7. The van der Waals surface area contributed by atoms with Crippen LogP contribution >= 0.6 is 0 Å². The number of tetrazole rings is 1. The number of aliphatic hydroxyl groups is 1. The molecule has 5 nitrogen and oxygen atoms in total. The minimum absolute atomic E-state index is 0.112. The van der Waals surface area contributed by atoms with Crippen LogP contribution in [0.3, 0.4) is 0 Å². The van der Waals surface area contributed by atoms with Crippen LogP contribution in [0.5, 0.6) is 0 Å². The first-order chi connectivity index (χ1) is 15.8. The second kappa shape index (κ2) is 7.00. The fourth-order valence-corrected chi connectivity index (χ4v) is 5.54. The lowest BCUT2D eigenvalue weighted by Gasteiger charge is -2.74. The van der Waals surface area contributed by atoms with Crippen LogP contribution in [0.15, 0.2) is 48.8 Å². The zero-order valence-electron chi connectivity index (χ0n) is 17.3. The van der Waals surface area contributed by atoms with Crippen molar-refractivity contribution in [2.24, 2.45) is 5.41 Å². The molecule has 3 fully saturated rings. The molecule has 34 heavy (non-hydrogen) atoms. The minimum atomic E-state index is -4.52. The highest BCUT2D eigenvalue weighted by atomic mass is 19.4. The van der Waals surface area contributed by atoms with Crippen molar-refractivity contribution < 1.29 is 35.8 Å². The third kappa shape index (κ3) is 3.07. The molecule has 1 aromatic heterocycles. The molecule has 3 aliphatic rings. The Morgan fingerprint density at radius 1 is 0.941 bits per heavy atom. The smallest absolute Gasteiger partial charge is 0.377 e. The summed E-state index contributed by atoms with van der Waals surface area (Å²) in [4.78, 5) is 0. The van der Waals surface area contributed by atoms with E-state index in [-0.39, 0.29) is 19.3 Å². The number of nitrogens with zero attached hydrogens (tertiary/aromatic N) is 4. The van der Waals surface area contributed by atoms with Gasteiger partial charge in [0.2, 0.25) is 0 Å². The Morgan fingerprint density at radius 3 is 2.12 bits per heavy atom. The molecule has 6 rings (SSSR count). The minimum Gasteiger partial charge on any atom is -0.377 e. The Kier molecular flexibility index (Phi) is 4.68. The quantitative estimate of drug-likeness (QED) is 0.517. The summed E-state index contributed by atoms with van der Waals surface area (Å²) in [5.74, 6) is -6.25. The van der Waals surface area contributed by atoms with E-state index < -0.39 is 57.8 Å². The largest absolute Gasteiger partial charge is 0.416 e. The highest BCUT2D eigenvalue weighted by Crippen LogP contribution is 2.80. The van der Waals surface area contributed by atoms with Gasteiger partial charge in [0.05, 0.1) is 12.1 Å². The van der Waals surface area contributed by atoms with Gasteiger partial charge in [0, 0.05) is 17.0 Å². The van der Waals surface area contributed by atoms with Crippen LogP contribution in [0, 0.1) is 17.0 Å². The van der Waals surface area contributed by atoms with Gasteiger partial charge in [-0.05, 0) is 64.9 Å². The molecule has 12 heteroatoms. The number of benzene rings is 2. The summed E-state index contributed by atoms with van der Waals surface area (Å²) in [7, 11) is 0. The normalized spacial score (nSPS) is 25.9. The van der Waals surface area contributed by atoms with Gasteiger partial charge in [-0.1, -0.05) is 12.1 Å². The van der Waals surface area contributed by atoms with Crippen molar-refractivity contribution in [1.29, 1.82) is 0 Å². The topological polar surface area (TPSA) is 63.8 Å². The number of hydrogen-bond donors (Lipinski definition) is 1. The Bertz CT molecular complexity index is 1210. The molecule has 2 bridgehead atoms. The fourth-order valence-electron chi connectivity index (χ4n) is 5.54. The molecule has 1 heterocycles. The van der Waals surface area contributed by atoms with E-state index in [9.17, 15) is 27.1 Å². The van der Waals surface area contributed by atoms with Crippen LogP contribution in [0.2, 0.25) is 0 Å². The first-order valence-electron chi connectivity index (χ1n) is 10.3. The van der Waals surface area contributed by atoms with Gasteiger partial charge in [-0.15, -0.1) is 5.10 Å². The molecule has 0 saturated heterocycles. The third-order valence-corrected chi connectivity index (χ3v) is 7.20. The van der Waals surface area contributed by atoms with Crippen LogP contribution in [0.25, 0.3) is 0 Å². The van der Waals surface area contributed by atoms with E-state index in [1.165, 1.54) is 12.1 Å². The monoisotopic (exact) mass is 486 g/mol. The molecule has 3 aromatic rings. The standard InChI is InChI=1S/C22H17F7N4O/c23-15-5-6-16(17(24)7-15)20(34,11-33-12-30-31-32-33)22(28,29)19-8-18(9-19,10-19)13-1-3-14(4-2-13)21(25,26)27/h1-7,12,34H,8-11H2/t18?,19?,20-/m0/s1. The molecule has 1 N–H and O–H groups in total. The van der Waals surface area contributed by atoms with Crippen LogP contribution in [-0.4, -0.2) is 31.2 Å². The van der Waals surface area contributed by atoms with Crippen molar-refractivity contribution in [2.75, 3.05) is 0 Å². The maximum Gasteiger partial charge on any atom is 0.416 e. The summed E-state index contributed by atoms with van der Waals surface area (Å²) in [5, 5.41) is 21.5.